The number of allylic oxidation sites excluding steroid dienone is 10. The Kier molecular flexibility index (Phi) is 64.2. The highest BCUT2D eigenvalue weighted by Gasteiger charge is 2.19. The van der Waals surface area contributed by atoms with Crippen molar-refractivity contribution in [2.24, 2.45) is 0 Å². The molecule has 0 rings (SSSR count). The van der Waals surface area contributed by atoms with Gasteiger partial charge in [0.25, 0.3) is 0 Å². The van der Waals surface area contributed by atoms with Gasteiger partial charge < -0.3 is 14.2 Å². The van der Waals surface area contributed by atoms with Crippen LogP contribution in [0.5, 0.6) is 0 Å². The van der Waals surface area contributed by atoms with Crippen LogP contribution in [0, 0.1) is 0 Å². The zero-order valence-electron chi connectivity index (χ0n) is 52.2. The average molecular weight is 1090 g/mol. The summed E-state index contributed by atoms with van der Waals surface area (Å²) < 4.78 is 17.0. The third kappa shape index (κ3) is 63.9. The van der Waals surface area contributed by atoms with Gasteiger partial charge >= 0.3 is 17.9 Å². The van der Waals surface area contributed by atoms with Crippen molar-refractivity contribution < 1.29 is 28.6 Å². The first-order valence-electron chi connectivity index (χ1n) is 34.3. The standard InChI is InChI=1S/C72H130O6/c1-4-7-10-13-16-19-22-25-28-31-34-36-39-41-44-47-50-53-56-59-62-65-71(74)77-68-69(67-76-70(73)64-61-58-55-52-49-46-43-40-37-33-30-27-24-21-18-15-12-9-6-3)78-72(75)66-63-60-57-54-51-48-45-42-38-35-32-29-26-23-20-17-14-11-8-5-2/h18,21-22,25,27,30-31,34,39,41,69H,4-17,19-20,23-24,26,28-29,32-33,35-38,40,42-68H2,1-3H3/b21-18-,25-22-,30-27-,34-31-,41-39-. The molecule has 0 radical (unpaired) electrons. The van der Waals surface area contributed by atoms with Gasteiger partial charge in [0.05, 0.1) is 0 Å². The number of hydrogen-bond acceptors (Lipinski definition) is 6. The maximum Gasteiger partial charge on any atom is 0.306 e. The first-order chi connectivity index (χ1) is 38.5. The monoisotopic (exact) mass is 1090 g/mol. The zero-order chi connectivity index (χ0) is 56.4. The van der Waals surface area contributed by atoms with E-state index in [-0.39, 0.29) is 31.1 Å². The second-order valence-corrected chi connectivity index (χ2v) is 23.1. The third-order valence-electron chi connectivity index (χ3n) is 15.2. The van der Waals surface area contributed by atoms with Crippen LogP contribution in [0.15, 0.2) is 60.8 Å². The molecule has 0 aromatic carbocycles. The minimum atomic E-state index is -0.782. The quantitative estimate of drug-likeness (QED) is 0.0261. The third-order valence-corrected chi connectivity index (χ3v) is 15.2. The molecule has 0 N–H and O–H groups in total. The van der Waals surface area contributed by atoms with Crippen molar-refractivity contribution in [3.05, 3.63) is 60.8 Å². The summed E-state index contributed by atoms with van der Waals surface area (Å²) >= 11 is 0. The smallest absolute Gasteiger partial charge is 0.306 e. The van der Waals surface area contributed by atoms with Gasteiger partial charge in [-0.05, 0) is 89.9 Å². The van der Waals surface area contributed by atoms with E-state index >= 15 is 0 Å². The molecule has 0 aromatic heterocycles. The molecule has 1 unspecified atom stereocenters. The Bertz CT molecular complexity index is 1390. The molecule has 454 valence electrons. The van der Waals surface area contributed by atoms with Gasteiger partial charge in [0.15, 0.2) is 6.10 Å². The molecular weight excluding hydrogens is 961 g/mol. The molecule has 0 saturated heterocycles. The molecule has 6 heteroatoms. The molecule has 0 amide bonds. The Morgan fingerprint density at radius 2 is 0.462 bits per heavy atom. The highest BCUT2D eigenvalue weighted by Crippen LogP contribution is 2.18. The fraction of sp³-hybridized carbons (Fsp3) is 0.819. The first-order valence-corrected chi connectivity index (χ1v) is 34.3. The predicted molar refractivity (Wildman–Crippen MR) is 339 cm³/mol. The molecule has 0 aliphatic carbocycles. The van der Waals surface area contributed by atoms with Crippen LogP contribution in [0.25, 0.3) is 0 Å². The van der Waals surface area contributed by atoms with Crippen molar-refractivity contribution in [3.63, 3.8) is 0 Å². The summed E-state index contributed by atoms with van der Waals surface area (Å²) in [4.78, 5) is 38.4. The lowest BCUT2D eigenvalue weighted by Crippen LogP contribution is -2.30. The Balaban J connectivity index is 4.37. The van der Waals surface area contributed by atoms with Gasteiger partial charge in [-0.2, -0.15) is 0 Å². The minimum absolute atomic E-state index is 0.0775. The lowest BCUT2D eigenvalue weighted by molar-refractivity contribution is -0.167. The van der Waals surface area contributed by atoms with Crippen LogP contribution in [0.3, 0.4) is 0 Å². The Morgan fingerprint density at radius 1 is 0.256 bits per heavy atom. The number of rotatable bonds is 63. The van der Waals surface area contributed by atoms with Gasteiger partial charge in [-0.3, -0.25) is 14.4 Å². The van der Waals surface area contributed by atoms with Gasteiger partial charge in [0.2, 0.25) is 0 Å². The van der Waals surface area contributed by atoms with Crippen LogP contribution >= 0.6 is 0 Å². The molecule has 0 fully saturated rings. The number of carbonyl (C=O) groups excluding carboxylic acids is 3. The summed E-state index contributed by atoms with van der Waals surface area (Å²) in [6.07, 6.45) is 85.1. The molecule has 0 aliphatic rings. The van der Waals surface area contributed by atoms with E-state index in [0.29, 0.717) is 19.3 Å². The van der Waals surface area contributed by atoms with Gasteiger partial charge in [0.1, 0.15) is 13.2 Å². The second kappa shape index (κ2) is 66.6. The van der Waals surface area contributed by atoms with Crippen molar-refractivity contribution >= 4 is 17.9 Å². The summed E-state index contributed by atoms with van der Waals surface area (Å²) in [5.41, 5.74) is 0. The van der Waals surface area contributed by atoms with Crippen molar-refractivity contribution in [2.75, 3.05) is 13.2 Å². The molecular formula is C72H130O6. The second-order valence-electron chi connectivity index (χ2n) is 23.1. The summed E-state index contributed by atoms with van der Waals surface area (Å²) in [5.74, 6) is -0.871. The van der Waals surface area contributed by atoms with Crippen molar-refractivity contribution in [1.29, 1.82) is 0 Å². The van der Waals surface area contributed by atoms with E-state index in [1.165, 1.54) is 238 Å². The zero-order valence-corrected chi connectivity index (χ0v) is 52.2. The Morgan fingerprint density at radius 3 is 0.744 bits per heavy atom. The first kappa shape index (κ1) is 75.1. The number of hydrogen-bond donors (Lipinski definition) is 0. The topological polar surface area (TPSA) is 78.9 Å². The van der Waals surface area contributed by atoms with Crippen molar-refractivity contribution in [2.45, 2.75) is 367 Å². The maximum absolute atomic E-state index is 13.0. The van der Waals surface area contributed by atoms with E-state index in [9.17, 15) is 14.4 Å². The van der Waals surface area contributed by atoms with E-state index in [0.717, 1.165) is 83.5 Å². The molecule has 0 bridgehead atoms. The number of unbranched alkanes of at least 4 members (excludes halogenated alkanes) is 42. The van der Waals surface area contributed by atoms with E-state index in [1.54, 1.807) is 0 Å². The largest absolute Gasteiger partial charge is 0.462 e. The van der Waals surface area contributed by atoms with Crippen molar-refractivity contribution in [3.8, 4) is 0 Å². The normalized spacial score (nSPS) is 12.4. The van der Waals surface area contributed by atoms with Gasteiger partial charge in [-0.15, -0.1) is 0 Å². The summed E-state index contributed by atoms with van der Waals surface area (Å²) in [7, 11) is 0. The molecule has 0 aromatic rings. The summed E-state index contributed by atoms with van der Waals surface area (Å²) in [6.45, 7) is 6.65. The summed E-state index contributed by atoms with van der Waals surface area (Å²) in [6, 6.07) is 0. The summed E-state index contributed by atoms with van der Waals surface area (Å²) in [5, 5.41) is 0. The van der Waals surface area contributed by atoms with Gasteiger partial charge in [-0.25, -0.2) is 0 Å². The maximum atomic E-state index is 13.0. The average Bonchev–Trinajstić information content (AvgIpc) is 3.44. The lowest BCUT2D eigenvalue weighted by Gasteiger charge is -2.18. The van der Waals surface area contributed by atoms with Crippen LogP contribution in [0.4, 0.5) is 0 Å². The fourth-order valence-corrected chi connectivity index (χ4v) is 10.1. The molecule has 1 atom stereocenters. The molecule has 0 saturated carbocycles. The van der Waals surface area contributed by atoms with Crippen LogP contribution < -0.4 is 0 Å². The lowest BCUT2D eigenvalue weighted by atomic mass is 10.0. The highest BCUT2D eigenvalue weighted by atomic mass is 16.6. The van der Waals surface area contributed by atoms with E-state index in [4.69, 9.17) is 14.2 Å². The Hall–Kier alpha value is -2.89. The fourth-order valence-electron chi connectivity index (χ4n) is 10.1. The van der Waals surface area contributed by atoms with Crippen molar-refractivity contribution in [1.82, 2.24) is 0 Å². The number of carbonyl (C=O) groups is 3. The van der Waals surface area contributed by atoms with Crippen LogP contribution in [-0.2, 0) is 28.6 Å². The highest BCUT2D eigenvalue weighted by molar-refractivity contribution is 5.71. The molecule has 0 spiro atoms. The van der Waals surface area contributed by atoms with E-state index < -0.39 is 6.10 Å². The van der Waals surface area contributed by atoms with Crippen LogP contribution in [0.2, 0.25) is 0 Å². The van der Waals surface area contributed by atoms with E-state index in [2.05, 4.69) is 81.5 Å². The molecule has 78 heavy (non-hydrogen) atoms. The van der Waals surface area contributed by atoms with Gasteiger partial charge in [-0.1, -0.05) is 313 Å². The number of esters is 3. The molecule has 6 nitrogen and oxygen atoms in total. The van der Waals surface area contributed by atoms with E-state index in [1.807, 2.05) is 0 Å². The number of ether oxygens (including phenoxy) is 3. The Labute approximate surface area is 485 Å². The molecule has 0 heterocycles. The SMILES string of the molecule is CCCCC/C=C\C/C=C\CCCCCCCCCCCC(=O)OCC(COC(=O)CCCCCCCC/C=C\C/C=C\C/C=C\CCCCCCC)OC(=O)CCCCCCCCCCCCCCCCCCCCCC. The van der Waals surface area contributed by atoms with Gasteiger partial charge in [0, 0.05) is 19.3 Å². The van der Waals surface area contributed by atoms with Crippen LogP contribution in [0.1, 0.15) is 361 Å². The predicted octanol–water partition coefficient (Wildman–Crippen LogP) is 23.5. The molecule has 0 aliphatic heterocycles. The van der Waals surface area contributed by atoms with Crippen LogP contribution in [-0.4, -0.2) is 37.2 Å². The minimum Gasteiger partial charge on any atom is -0.462 e.